The van der Waals surface area contributed by atoms with Crippen LogP contribution in [0.2, 0.25) is 10.0 Å². The Morgan fingerprint density at radius 2 is 1.62 bits per heavy atom. The average molecular weight is 328 g/mol. The third-order valence-electron chi connectivity index (χ3n) is 3.62. The summed E-state index contributed by atoms with van der Waals surface area (Å²) in [6, 6.07) is 4.64. The number of amides is 1. The second kappa shape index (κ2) is 5.33. The van der Waals surface area contributed by atoms with Gasteiger partial charge in [0.25, 0.3) is 0 Å². The number of anilines is 1. The van der Waals surface area contributed by atoms with Crippen LogP contribution in [0.1, 0.15) is 0 Å². The lowest BCUT2D eigenvalue weighted by Crippen LogP contribution is -2.39. The molecule has 1 fully saturated rings. The van der Waals surface area contributed by atoms with Crippen molar-refractivity contribution in [1.82, 2.24) is 0 Å². The smallest absolute Gasteiger partial charge is 0.310 e. The van der Waals surface area contributed by atoms with Crippen LogP contribution in [0, 0.1) is 11.8 Å². The number of aliphatic carboxylic acids is 1. The summed E-state index contributed by atoms with van der Waals surface area (Å²) in [7, 11) is 0. The summed E-state index contributed by atoms with van der Waals surface area (Å²) >= 11 is 11.7. The van der Waals surface area contributed by atoms with E-state index in [1.165, 1.54) is 0 Å². The monoisotopic (exact) mass is 327 g/mol. The largest absolute Gasteiger partial charge is 0.481 e. The highest BCUT2D eigenvalue weighted by Gasteiger charge is 2.53. The number of hydrogen-bond acceptors (Lipinski definition) is 3. The SMILES string of the molecule is O=C(O)[C@@H]1[C@H](C(=O)Nc2cc(Cl)cc(Cl)c2)[C@H]2C=C[C@H]1O2. The fourth-order valence-corrected chi connectivity index (χ4v) is 3.29. The molecule has 0 aromatic heterocycles. The van der Waals surface area contributed by atoms with Gasteiger partial charge in [-0.3, -0.25) is 9.59 Å². The van der Waals surface area contributed by atoms with Crippen LogP contribution in [-0.2, 0) is 14.3 Å². The zero-order chi connectivity index (χ0) is 15.1. The molecule has 5 nitrogen and oxygen atoms in total. The zero-order valence-electron chi connectivity index (χ0n) is 10.6. The Morgan fingerprint density at radius 3 is 2.19 bits per heavy atom. The van der Waals surface area contributed by atoms with E-state index in [-0.39, 0.29) is 0 Å². The van der Waals surface area contributed by atoms with Crippen LogP contribution in [0.25, 0.3) is 0 Å². The van der Waals surface area contributed by atoms with Crippen molar-refractivity contribution in [3.05, 3.63) is 40.4 Å². The number of ether oxygens (including phenoxy) is 1. The van der Waals surface area contributed by atoms with Gasteiger partial charge in [0.1, 0.15) is 5.92 Å². The first kappa shape index (κ1) is 14.4. The minimum absolute atomic E-state index is 0.386. The van der Waals surface area contributed by atoms with Crippen molar-refractivity contribution in [3.63, 3.8) is 0 Å². The third kappa shape index (κ3) is 2.64. The lowest BCUT2D eigenvalue weighted by Gasteiger charge is -2.21. The normalized spacial score (nSPS) is 29.6. The molecule has 1 saturated heterocycles. The van der Waals surface area contributed by atoms with Gasteiger partial charge >= 0.3 is 5.97 Å². The molecule has 0 aliphatic carbocycles. The maximum Gasteiger partial charge on any atom is 0.310 e. The maximum absolute atomic E-state index is 12.4. The predicted molar refractivity (Wildman–Crippen MR) is 77.5 cm³/mol. The van der Waals surface area contributed by atoms with Crippen molar-refractivity contribution in [2.75, 3.05) is 5.32 Å². The van der Waals surface area contributed by atoms with Crippen molar-refractivity contribution in [2.45, 2.75) is 12.2 Å². The first-order valence-electron chi connectivity index (χ1n) is 6.29. The zero-order valence-corrected chi connectivity index (χ0v) is 12.1. The summed E-state index contributed by atoms with van der Waals surface area (Å²) in [5.74, 6) is -3.11. The van der Waals surface area contributed by atoms with E-state index in [4.69, 9.17) is 27.9 Å². The van der Waals surface area contributed by atoms with Gasteiger partial charge in [0.05, 0.1) is 18.1 Å². The van der Waals surface area contributed by atoms with Crippen molar-refractivity contribution < 1.29 is 19.4 Å². The Balaban J connectivity index is 1.82. The molecule has 110 valence electrons. The summed E-state index contributed by atoms with van der Waals surface area (Å²) in [4.78, 5) is 23.7. The Bertz CT molecular complexity index is 626. The van der Waals surface area contributed by atoms with E-state index in [2.05, 4.69) is 5.32 Å². The van der Waals surface area contributed by atoms with Gasteiger partial charge in [-0.25, -0.2) is 0 Å². The summed E-state index contributed by atoms with van der Waals surface area (Å²) < 4.78 is 5.46. The molecule has 2 aliphatic rings. The van der Waals surface area contributed by atoms with Gasteiger partial charge in [0, 0.05) is 15.7 Å². The van der Waals surface area contributed by atoms with Gasteiger partial charge in [-0.1, -0.05) is 35.4 Å². The standard InChI is InChI=1S/C14H11Cl2NO4/c15-6-3-7(16)5-8(4-6)17-13(18)11-9-1-2-10(21-9)12(11)14(19)20/h1-5,9-12H,(H,17,18)(H,19,20)/t9-,10-,11-,12+/m1/s1. The van der Waals surface area contributed by atoms with Crippen LogP contribution >= 0.6 is 23.2 Å². The lowest BCUT2D eigenvalue weighted by molar-refractivity contribution is -0.145. The van der Waals surface area contributed by atoms with Crippen LogP contribution in [0.15, 0.2) is 30.4 Å². The number of hydrogen-bond donors (Lipinski definition) is 2. The minimum atomic E-state index is -1.05. The molecule has 3 rings (SSSR count). The molecule has 1 aromatic rings. The van der Waals surface area contributed by atoms with E-state index >= 15 is 0 Å². The summed E-state index contributed by atoms with van der Waals surface area (Å²) in [6.07, 6.45) is 2.35. The molecular weight excluding hydrogens is 317 g/mol. The molecule has 2 aliphatic heterocycles. The molecule has 4 atom stereocenters. The fourth-order valence-electron chi connectivity index (χ4n) is 2.77. The number of carboxylic acids is 1. The number of carbonyl (C=O) groups excluding carboxylic acids is 1. The van der Waals surface area contributed by atoms with Gasteiger partial charge in [0.15, 0.2) is 0 Å². The molecule has 0 unspecified atom stereocenters. The topological polar surface area (TPSA) is 75.6 Å². The van der Waals surface area contributed by atoms with Crippen LogP contribution in [0.5, 0.6) is 0 Å². The number of halogens is 2. The van der Waals surface area contributed by atoms with E-state index in [1.807, 2.05) is 0 Å². The highest BCUT2D eigenvalue weighted by molar-refractivity contribution is 6.35. The Hall–Kier alpha value is -1.56. The molecule has 2 N–H and O–H groups in total. The molecule has 0 saturated carbocycles. The average Bonchev–Trinajstić information content (AvgIpc) is 2.96. The number of carboxylic acid groups (broad SMARTS) is 1. The highest BCUT2D eigenvalue weighted by atomic mass is 35.5. The van der Waals surface area contributed by atoms with Crippen LogP contribution in [0.4, 0.5) is 5.69 Å². The quantitative estimate of drug-likeness (QED) is 0.836. The van der Waals surface area contributed by atoms with Crippen molar-refractivity contribution >= 4 is 40.8 Å². The third-order valence-corrected chi connectivity index (χ3v) is 4.05. The first-order chi connectivity index (χ1) is 9.95. The Morgan fingerprint density at radius 1 is 1.05 bits per heavy atom. The van der Waals surface area contributed by atoms with E-state index < -0.39 is 35.9 Å². The summed E-state index contributed by atoms with van der Waals surface area (Å²) in [5.41, 5.74) is 0.424. The number of fused-ring (bicyclic) bond motifs is 2. The number of rotatable bonds is 3. The van der Waals surface area contributed by atoms with Crippen LogP contribution in [-0.4, -0.2) is 29.2 Å². The second-order valence-electron chi connectivity index (χ2n) is 4.99. The van der Waals surface area contributed by atoms with Gasteiger partial charge < -0.3 is 15.2 Å². The number of nitrogens with one attached hydrogen (secondary N) is 1. The van der Waals surface area contributed by atoms with Crippen LogP contribution < -0.4 is 5.32 Å². The van der Waals surface area contributed by atoms with E-state index in [9.17, 15) is 14.7 Å². The number of benzene rings is 1. The first-order valence-corrected chi connectivity index (χ1v) is 7.05. The van der Waals surface area contributed by atoms with Gasteiger partial charge in [-0.2, -0.15) is 0 Å². The predicted octanol–water partition coefficient (Wildman–Crippen LogP) is 2.59. The lowest BCUT2D eigenvalue weighted by atomic mass is 9.82. The number of carbonyl (C=O) groups is 2. The second-order valence-corrected chi connectivity index (χ2v) is 5.86. The van der Waals surface area contributed by atoms with E-state index in [1.54, 1.807) is 30.4 Å². The van der Waals surface area contributed by atoms with E-state index in [0.717, 1.165) is 0 Å². The molecule has 1 amide bonds. The van der Waals surface area contributed by atoms with E-state index in [0.29, 0.717) is 15.7 Å². The van der Waals surface area contributed by atoms with Gasteiger partial charge in [-0.05, 0) is 18.2 Å². The minimum Gasteiger partial charge on any atom is -0.481 e. The molecular formula is C14H11Cl2NO4. The van der Waals surface area contributed by atoms with Gasteiger partial charge in [-0.15, -0.1) is 0 Å². The van der Waals surface area contributed by atoms with Gasteiger partial charge in [0.2, 0.25) is 5.91 Å². The molecule has 7 heteroatoms. The molecule has 2 heterocycles. The summed E-state index contributed by atoms with van der Waals surface area (Å²) in [5, 5.41) is 12.7. The van der Waals surface area contributed by atoms with Crippen LogP contribution in [0.3, 0.4) is 0 Å². The van der Waals surface area contributed by atoms with Crippen molar-refractivity contribution in [3.8, 4) is 0 Å². The molecule has 0 radical (unpaired) electrons. The molecule has 2 bridgehead atoms. The molecule has 21 heavy (non-hydrogen) atoms. The van der Waals surface area contributed by atoms with Crippen molar-refractivity contribution in [2.24, 2.45) is 11.8 Å². The summed E-state index contributed by atoms with van der Waals surface area (Å²) in [6.45, 7) is 0. The highest BCUT2D eigenvalue weighted by Crippen LogP contribution is 2.40. The molecule has 0 spiro atoms. The molecule has 1 aromatic carbocycles. The fraction of sp³-hybridized carbons (Fsp3) is 0.286. The van der Waals surface area contributed by atoms with Crippen molar-refractivity contribution in [1.29, 1.82) is 0 Å². The Kier molecular flexibility index (Phi) is 3.65. The Labute approximate surface area is 130 Å². The maximum atomic E-state index is 12.4.